The average molecular weight is 317 g/mol. The Balaban J connectivity index is 2.12. The molecule has 2 aliphatic carbocycles. The minimum atomic E-state index is -2.96. The zero-order chi connectivity index (χ0) is 15.7. The number of hydrogen-bond donors (Lipinski definition) is 1. The standard InChI is InChI=1S/C16H31NO3S/c1-12-6-5-9-16(11-12,20-2)15(17)13-7-4-8-14(10-13)21(3,18)19/h12-15H,4-11,17H2,1-3H3. The number of ether oxygens (including phenoxy) is 1. The Morgan fingerprint density at radius 2 is 1.95 bits per heavy atom. The maximum absolute atomic E-state index is 11.9. The van der Waals surface area contributed by atoms with Crippen LogP contribution in [-0.2, 0) is 14.6 Å². The number of rotatable bonds is 4. The molecular formula is C16H31NO3S. The normalized spacial score (nSPS) is 39.9. The van der Waals surface area contributed by atoms with Gasteiger partial charge in [-0.3, -0.25) is 0 Å². The van der Waals surface area contributed by atoms with Crippen LogP contribution in [0.4, 0.5) is 0 Å². The summed E-state index contributed by atoms with van der Waals surface area (Å²) in [4.78, 5) is 0. The van der Waals surface area contributed by atoms with E-state index in [1.165, 1.54) is 12.7 Å². The van der Waals surface area contributed by atoms with Crippen LogP contribution in [0.15, 0.2) is 0 Å². The maximum Gasteiger partial charge on any atom is 0.150 e. The van der Waals surface area contributed by atoms with Crippen molar-refractivity contribution in [2.75, 3.05) is 13.4 Å². The van der Waals surface area contributed by atoms with Gasteiger partial charge in [0.2, 0.25) is 0 Å². The molecule has 0 aromatic heterocycles. The predicted molar refractivity (Wildman–Crippen MR) is 85.9 cm³/mol. The van der Waals surface area contributed by atoms with Crippen LogP contribution in [0.25, 0.3) is 0 Å². The van der Waals surface area contributed by atoms with E-state index in [1.807, 2.05) is 0 Å². The third-order valence-electron chi connectivity index (χ3n) is 5.78. The van der Waals surface area contributed by atoms with Crippen molar-refractivity contribution in [3.63, 3.8) is 0 Å². The van der Waals surface area contributed by atoms with Gasteiger partial charge < -0.3 is 10.5 Å². The second-order valence-electron chi connectivity index (χ2n) is 7.37. The third-order valence-corrected chi connectivity index (χ3v) is 7.42. The second-order valence-corrected chi connectivity index (χ2v) is 9.70. The fourth-order valence-electron chi connectivity index (χ4n) is 4.49. The molecule has 124 valence electrons. The molecular weight excluding hydrogens is 286 g/mol. The van der Waals surface area contributed by atoms with Crippen LogP contribution in [0.1, 0.15) is 58.3 Å². The Hall–Kier alpha value is -0.130. The first-order chi connectivity index (χ1) is 9.78. The summed E-state index contributed by atoms with van der Waals surface area (Å²) in [7, 11) is -1.18. The number of hydrogen-bond acceptors (Lipinski definition) is 4. The van der Waals surface area contributed by atoms with E-state index in [1.54, 1.807) is 7.11 Å². The van der Waals surface area contributed by atoms with Gasteiger partial charge in [0.15, 0.2) is 0 Å². The number of methoxy groups -OCH3 is 1. The third kappa shape index (κ3) is 3.80. The molecule has 5 heteroatoms. The molecule has 0 bridgehead atoms. The SMILES string of the molecule is COC1(C(N)C2CCCC(S(C)(=O)=O)C2)CCCC(C)C1. The Labute approximate surface area is 129 Å². The highest BCUT2D eigenvalue weighted by molar-refractivity contribution is 7.91. The molecule has 0 heterocycles. The van der Waals surface area contributed by atoms with E-state index in [9.17, 15) is 8.42 Å². The van der Waals surface area contributed by atoms with Crippen molar-refractivity contribution in [3.8, 4) is 0 Å². The summed E-state index contributed by atoms with van der Waals surface area (Å²) >= 11 is 0. The summed E-state index contributed by atoms with van der Waals surface area (Å²) in [6.07, 6.45) is 9.27. The van der Waals surface area contributed by atoms with Crippen LogP contribution in [-0.4, -0.2) is 38.7 Å². The van der Waals surface area contributed by atoms with E-state index in [0.717, 1.165) is 38.5 Å². The summed E-state index contributed by atoms with van der Waals surface area (Å²) < 4.78 is 29.6. The Morgan fingerprint density at radius 3 is 2.52 bits per heavy atom. The predicted octanol–water partition coefficient (Wildman–Crippen LogP) is 2.51. The quantitative estimate of drug-likeness (QED) is 0.865. The van der Waals surface area contributed by atoms with Crippen LogP contribution in [0.3, 0.4) is 0 Å². The minimum Gasteiger partial charge on any atom is -0.377 e. The van der Waals surface area contributed by atoms with Crippen LogP contribution in [0.5, 0.6) is 0 Å². The van der Waals surface area contributed by atoms with E-state index < -0.39 is 9.84 Å². The monoisotopic (exact) mass is 317 g/mol. The van der Waals surface area contributed by atoms with Gasteiger partial charge in [-0.05, 0) is 43.9 Å². The lowest BCUT2D eigenvalue weighted by atomic mass is 9.68. The van der Waals surface area contributed by atoms with Gasteiger partial charge in [-0.15, -0.1) is 0 Å². The lowest BCUT2D eigenvalue weighted by molar-refractivity contribution is -0.0858. The first kappa shape index (κ1) is 17.2. The van der Waals surface area contributed by atoms with Crippen molar-refractivity contribution >= 4 is 9.84 Å². The van der Waals surface area contributed by atoms with E-state index in [-0.39, 0.29) is 22.8 Å². The van der Waals surface area contributed by atoms with Crippen molar-refractivity contribution < 1.29 is 13.2 Å². The lowest BCUT2D eigenvalue weighted by Crippen LogP contribution is -2.56. The molecule has 0 amide bonds. The molecule has 2 fully saturated rings. The Bertz CT molecular complexity index is 450. The van der Waals surface area contributed by atoms with Gasteiger partial charge >= 0.3 is 0 Å². The summed E-state index contributed by atoms with van der Waals surface area (Å²) in [6.45, 7) is 2.26. The maximum atomic E-state index is 11.9. The molecule has 0 radical (unpaired) electrons. The lowest BCUT2D eigenvalue weighted by Gasteiger charge is -2.47. The Morgan fingerprint density at radius 1 is 1.24 bits per heavy atom. The van der Waals surface area contributed by atoms with Crippen molar-refractivity contribution in [1.29, 1.82) is 0 Å². The molecule has 2 saturated carbocycles. The van der Waals surface area contributed by atoms with E-state index in [4.69, 9.17) is 10.5 Å². The van der Waals surface area contributed by atoms with Crippen molar-refractivity contribution in [2.45, 2.75) is 75.2 Å². The smallest absolute Gasteiger partial charge is 0.150 e. The van der Waals surface area contributed by atoms with E-state index in [2.05, 4.69) is 6.92 Å². The summed E-state index contributed by atoms with van der Waals surface area (Å²) in [6, 6.07) is -0.0465. The van der Waals surface area contributed by atoms with Crippen LogP contribution in [0, 0.1) is 11.8 Å². The van der Waals surface area contributed by atoms with Gasteiger partial charge in [0, 0.05) is 19.4 Å². The molecule has 5 atom stereocenters. The molecule has 2 N–H and O–H groups in total. The molecule has 2 rings (SSSR count). The molecule has 4 nitrogen and oxygen atoms in total. The van der Waals surface area contributed by atoms with Gasteiger partial charge in [-0.1, -0.05) is 26.2 Å². The molecule has 2 aliphatic rings. The highest BCUT2D eigenvalue weighted by atomic mass is 32.2. The van der Waals surface area contributed by atoms with Crippen LogP contribution in [0.2, 0.25) is 0 Å². The van der Waals surface area contributed by atoms with Gasteiger partial charge in [0.1, 0.15) is 9.84 Å². The molecule has 0 saturated heterocycles. The largest absolute Gasteiger partial charge is 0.377 e. The second kappa shape index (κ2) is 6.55. The zero-order valence-electron chi connectivity index (χ0n) is 13.7. The fraction of sp³-hybridized carbons (Fsp3) is 1.00. The Kier molecular flexibility index (Phi) is 5.37. The number of nitrogens with two attached hydrogens (primary N) is 1. The molecule has 0 aromatic carbocycles. The molecule has 0 aliphatic heterocycles. The fourth-order valence-corrected chi connectivity index (χ4v) is 5.69. The molecule has 5 unspecified atom stereocenters. The molecule has 0 aromatic rings. The topological polar surface area (TPSA) is 69.4 Å². The van der Waals surface area contributed by atoms with E-state index >= 15 is 0 Å². The van der Waals surface area contributed by atoms with Crippen molar-refractivity contribution in [2.24, 2.45) is 17.6 Å². The number of sulfone groups is 1. The van der Waals surface area contributed by atoms with Crippen LogP contribution >= 0.6 is 0 Å². The van der Waals surface area contributed by atoms with Gasteiger partial charge in [-0.25, -0.2) is 8.42 Å². The van der Waals surface area contributed by atoms with Gasteiger partial charge in [0.25, 0.3) is 0 Å². The van der Waals surface area contributed by atoms with Gasteiger partial charge in [-0.2, -0.15) is 0 Å². The van der Waals surface area contributed by atoms with Crippen molar-refractivity contribution in [1.82, 2.24) is 0 Å². The molecule has 21 heavy (non-hydrogen) atoms. The van der Waals surface area contributed by atoms with E-state index in [0.29, 0.717) is 12.3 Å². The minimum absolute atomic E-state index is 0.0465. The highest BCUT2D eigenvalue weighted by Gasteiger charge is 2.45. The highest BCUT2D eigenvalue weighted by Crippen LogP contribution is 2.42. The molecule has 0 spiro atoms. The summed E-state index contributed by atoms with van der Waals surface area (Å²) in [5, 5.41) is -0.211. The van der Waals surface area contributed by atoms with Crippen molar-refractivity contribution in [3.05, 3.63) is 0 Å². The first-order valence-corrected chi connectivity index (χ1v) is 10.2. The average Bonchev–Trinajstić information content (AvgIpc) is 2.45. The van der Waals surface area contributed by atoms with Crippen LogP contribution < -0.4 is 5.73 Å². The first-order valence-electron chi connectivity index (χ1n) is 8.28. The summed E-state index contributed by atoms with van der Waals surface area (Å²) in [5.74, 6) is 0.905. The zero-order valence-corrected chi connectivity index (χ0v) is 14.5. The summed E-state index contributed by atoms with van der Waals surface area (Å²) in [5.41, 5.74) is 6.37. The van der Waals surface area contributed by atoms with Gasteiger partial charge in [0.05, 0.1) is 10.9 Å².